The van der Waals surface area contributed by atoms with E-state index in [1.54, 1.807) is 6.92 Å². The van der Waals surface area contributed by atoms with Crippen LogP contribution in [0.4, 0.5) is 9.59 Å². The summed E-state index contributed by atoms with van der Waals surface area (Å²) in [6, 6.07) is 11.4. The molecule has 44 heavy (non-hydrogen) atoms. The standard InChI is InChI=1S/C30H41N2O11P/c1-3-4-17-26(42-28(34)25-16-11-20-40-25)44(38,39)43-24(27(33)32(30(36)37)19-10-12-22(32)2)15-8-9-18-31-29(35)41-21-23-13-6-5-7-14-23/h5-7,11,13-14,16,20,22,24,26H,3-4,8-10,12,15,17-19,21H2,1-2H3,(H2-,31,35,36,37,38,39)/p+1/t22-,24?,26+,32?/m1/s1. The highest BCUT2D eigenvalue weighted by molar-refractivity contribution is 7.53. The SMILES string of the molecule is CCCC[C@@H](OC(=O)c1ccco1)P(=O)(O)OC(CCCCNC(=O)OCc1ccccc1)C(=O)[N+]1(C(=O)O)CCC[C@H]1C. The van der Waals surface area contributed by atoms with Gasteiger partial charge in [0.05, 0.1) is 12.8 Å². The first-order valence-electron chi connectivity index (χ1n) is 14.9. The molecule has 1 saturated heterocycles. The molecule has 2 heterocycles. The molecular formula is C30H42N2O11P+. The van der Waals surface area contributed by atoms with Crippen LogP contribution in [0.25, 0.3) is 0 Å². The lowest BCUT2D eigenvalue weighted by molar-refractivity contribution is -0.794. The van der Waals surface area contributed by atoms with E-state index in [9.17, 15) is 33.7 Å². The number of carbonyl (C=O) groups is 4. The lowest BCUT2D eigenvalue weighted by Crippen LogP contribution is -2.62. The van der Waals surface area contributed by atoms with Gasteiger partial charge in [-0.15, -0.1) is 0 Å². The molecule has 13 nitrogen and oxygen atoms in total. The van der Waals surface area contributed by atoms with Gasteiger partial charge in [-0.25, -0.2) is 14.4 Å². The first-order chi connectivity index (χ1) is 21.0. The number of benzene rings is 1. The molecule has 1 fully saturated rings. The van der Waals surface area contributed by atoms with E-state index < -0.39 is 54.1 Å². The second-order valence-corrected chi connectivity index (χ2v) is 12.7. The van der Waals surface area contributed by atoms with Gasteiger partial charge in [0.2, 0.25) is 11.6 Å². The van der Waals surface area contributed by atoms with E-state index in [0.717, 1.165) is 5.56 Å². The Balaban J connectivity index is 1.69. The maximum atomic E-state index is 13.9. The number of rotatable bonds is 16. The van der Waals surface area contributed by atoms with Crippen molar-refractivity contribution >= 4 is 31.7 Å². The molecule has 1 aliphatic heterocycles. The highest BCUT2D eigenvalue weighted by Gasteiger charge is 2.56. The number of unbranched alkanes of at least 4 members (excludes halogenated alkanes) is 2. The number of likely N-dealkylation sites (tertiary alicyclic amines) is 1. The van der Waals surface area contributed by atoms with Crippen LogP contribution in [0.1, 0.15) is 81.3 Å². The molecule has 1 aliphatic rings. The summed E-state index contributed by atoms with van der Waals surface area (Å²) in [5.41, 5.74) is 0.827. The Kier molecular flexibility index (Phi) is 13.1. The van der Waals surface area contributed by atoms with Gasteiger partial charge in [0.1, 0.15) is 12.6 Å². The number of carboxylic acid groups (broad SMARTS) is 1. The fourth-order valence-electron chi connectivity index (χ4n) is 5.17. The van der Waals surface area contributed by atoms with Crippen LogP contribution >= 0.6 is 7.60 Å². The molecule has 0 saturated carbocycles. The smallest absolute Gasteiger partial charge is 0.457 e. The maximum absolute atomic E-state index is 13.9. The van der Waals surface area contributed by atoms with Crippen LogP contribution in [0.5, 0.6) is 0 Å². The molecule has 242 valence electrons. The van der Waals surface area contributed by atoms with Crippen molar-refractivity contribution in [3.05, 3.63) is 60.1 Å². The number of esters is 1. The summed E-state index contributed by atoms with van der Waals surface area (Å²) in [5.74, 6) is -3.59. The van der Waals surface area contributed by atoms with Crippen molar-refractivity contribution in [1.29, 1.82) is 0 Å². The van der Waals surface area contributed by atoms with Crippen LogP contribution in [0, 0.1) is 0 Å². The number of imide groups is 1. The van der Waals surface area contributed by atoms with Crippen LogP contribution in [0.2, 0.25) is 0 Å². The minimum atomic E-state index is -4.83. The first kappa shape index (κ1) is 35.0. The van der Waals surface area contributed by atoms with E-state index in [1.807, 2.05) is 37.3 Å². The van der Waals surface area contributed by atoms with E-state index >= 15 is 0 Å². The van der Waals surface area contributed by atoms with Gasteiger partial charge in [0.25, 0.3) is 0 Å². The molecular weight excluding hydrogens is 595 g/mol. The summed E-state index contributed by atoms with van der Waals surface area (Å²) in [5, 5.41) is 12.7. The Hall–Kier alpha value is -3.51. The largest absolute Gasteiger partial charge is 0.521 e. The molecule has 5 atom stereocenters. The Morgan fingerprint density at radius 3 is 2.45 bits per heavy atom. The number of furan rings is 1. The molecule has 0 radical (unpaired) electrons. The molecule has 3 amide bonds. The quantitative estimate of drug-likeness (QED) is 0.0873. The van der Waals surface area contributed by atoms with Crippen molar-refractivity contribution in [3.8, 4) is 0 Å². The van der Waals surface area contributed by atoms with Crippen LogP contribution < -0.4 is 5.32 Å². The van der Waals surface area contributed by atoms with Gasteiger partial charge >= 0.3 is 31.7 Å². The van der Waals surface area contributed by atoms with E-state index in [4.69, 9.17) is 18.4 Å². The summed E-state index contributed by atoms with van der Waals surface area (Å²) in [6.07, 6.45) is 0.146. The predicted octanol–water partition coefficient (Wildman–Crippen LogP) is 5.82. The number of hydrogen-bond acceptors (Lipinski definition) is 9. The van der Waals surface area contributed by atoms with Crippen molar-refractivity contribution in [2.24, 2.45) is 0 Å². The van der Waals surface area contributed by atoms with Crippen LogP contribution in [0.3, 0.4) is 0 Å². The zero-order valence-electron chi connectivity index (χ0n) is 25.1. The number of ether oxygens (including phenoxy) is 2. The normalized spacial score (nSPS) is 20.7. The Morgan fingerprint density at radius 1 is 1.09 bits per heavy atom. The molecule has 0 bridgehead atoms. The lowest BCUT2D eigenvalue weighted by atomic mass is 10.1. The van der Waals surface area contributed by atoms with Crippen molar-refractivity contribution in [1.82, 2.24) is 5.32 Å². The molecule has 1 aromatic heterocycles. The van der Waals surface area contributed by atoms with Gasteiger partial charge in [-0.2, -0.15) is 9.28 Å². The Morgan fingerprint density at radius 2 is 1.84 bits per heavy atom. The summed E-state index contributed by atoms with van der Waals surface area (Å²) >= 11 is 0. The minimum absolute atomic E-state index is 0.0203. The molecule has 0 spiro atoms. The number of alkyl carbamates (subject to hydrolysis) is 1. The second kappa shape index (κ2) is 16.5. The summed E-state index contributed by atoms with van der Waals surface area (Å²) in [4.78, 5) is 62.0. The third-order valence-electron chi connectivity index (χ3n) is 7.68. The number of quaternary nitrogens is 1. The van der Waals surface area contributed by atoms with Gasteiger partial charge < -0.3 is 29.2 Å². The highest BCUT2D eigenvalue weighted by atomic mass is 31.2. The highest BCUT2D eigenvalue weighted by Crippen LogP contribution is 2.52. The van der Waals surface area contributed by atoms with E-state index in [2.05, 4.69) is 5.32 Å². The number of nitrogens with zero attached hydrogens (tertiary/aromatic N) is 1. The number of nitrogens with one attached hydrogen (secondary N) is 1. The predicted molar refractivity (Wildman–Crippen MR) is 157 cm³/mol. The van der Waals surface area contributed by atoms with Gasteiger partial charge in [-0.3, -0.25) is 9.09 Å². The topological polar surface area (TPSA) is 179 Å². The molecule has 0 aliphatic carbocycles. The monoisotopic (exact) mass is 637 g/mol. The average molecular weight is 638 g/mol. The van der Waals surface area contributed by atoms with Crippen molar-refractivity contribution < 1.29 is 56.6 Å². The van der Waals surface area contributed by atoms with Crippen LogP contribution in [-0.4, -0.2) is 69.6 Å². The van der Waals surface area contributed by atoms with Gasteiger partial charge in [0, 0.05) is 19.4 Å². The van der Waals surface area contributed by atoms with E-state index in [-0.39, 0.29) is 44.7 Å². The third-order valence-corrected chi connectivity index (χ3v) is 9.33. The Bertz CT molecular complexity index is 1290. The maximum Gasteiger partial charge on any atom is 0.521 e. The Labute approximate surface area is 256 Å². The lowest BCUT2D eigenvalue weighted by Gasteiger charge is -2.34. The van der Waals surface area contributed by atoms with Gasteiger partial charge in [-0.1, -0.05) is 43.7 Å². The zero-order valence-corrected chi connectivity index (χ0v) is 26.0. The fourth-order valence-corrected chi connectivity index (χ4v) is 6.61. The minimum Gasteiger partial charge on any atom is -0.457 e. The fraction of sp³-hybridized carbons (Fsp3) is 0.533. The molecule has 1 aromatic carbocycles. The summed E-state index contributed by atoms with van der Waals surface area (Å²) < 4.78 is 33.8. The molecule has 2 aromatic rings. The number of hydrogen-bond donors (Lipinski definition) is 3. The van der Waals surface area contributed by atoms with Gasteiger partial charge in [-0.05, 0) is 56.7 Å². The summed E-state index contributed by atoms with van der Waals surface area (Å²) in [6.45, 7) is 3.80. The van der Waals surface area contributed by atoms with E-state index in [0.29, 0.717) is 32.1 Å². The average Bonchev–Trinajstić information content (AvgIpc) is 3.68. The van der Waals surface area contributed by atoms with Crippen LogP contribution in [-0.2, 0) is 30.0 Å². The third kappa shape index (κ3) is 9.25. The molecule has 3 rings (SSSR count). The zero-order chi connectivity index (χ0) is 32.2. The van der Waals surface area contributed by atoms with Crippen molar-refractivity contribution in [2.75, 3.05) is 13.1 Å². The second-order valence-electron chi connectivity index (χ2n) is 10.8. The molecule has 3 N–H and O–H groups in total. The van der Waals surface area contributed by atoms with Crippen molar-refractivity contribution in [3.63, 3.8) is 0 Å². The molecule has 14 heteroatoms. The number of carbonyl (C=O) groups excluding carboxylic acids is 3. The van der Waals surface area contributed by atoms with E-state index in [1.165, 1.54) is 18.4 Å². The van der Waals surface area contributed by atoms with Crippen molar-refractivity contribution in [2.45, 2.75) is 89.8 Å². The summed E-state index contributed by atoms with van der Waals surface area (Å²) in [7, 11) is -4.83. The first-order valence-corrected chi connectivity index (χ1v) is 16.5. The van der Waals surface area contributed by atoms with Crippen LogP contribution in [0.15, 0.2) is 53.1 Å². The number of amides is 3. The molecule has 3 unspecified atom stereocenters. The van der Waals surface area contributed by atoms with Gasteiger partial charge in [0.15, 0.2) is 6.10 Å².